The molecule has 1 aliphatic rings. The maximum Gasteiger partial charge on any atom is 0.253 e. The Morgan fingerprint density at radius 3 is 2.70 bits per heavy atom. The van der Waals surface area contributed by atoms with Crippen LogP contribution < -0.4 is 10.6 Å². The number of aromatic nitrogens is 2. The third kappa shape index (κ3) is 4.52. The first-order chi connectivity index (χ1) is 16.0. The summed E-state index contributed by atoms with van der Waals surface area (Å²) < 4.78 is 29.6. The van der Waals surface area contributed by atoms with E-state index in [1.54, 1.807) is 34.3 Å². The second-order valence-electron chi connectivity index (χ2n) is 8.17. The van der Waals surface area contributed by atoms with E-state index in [1.807, 2.05) is 48.5 Å². The molecule has 5 rings (SSSR count). The van der Waals surface area contributed by atoms with E-state index in [0.717, 1.165) is 22.5 Å². The van der Waals surface area contributed by atoms with Crippen LogP contribution in [-0.2, 0) is 29.5 Å². The minimum absolute atomic E-state index is 0.261. The van der Waals surface area contributed by atoms with Crippen LogP contribution in [0.2, 0.25) is 0 Å². The smallest absolute Gasteiger partial charge is 0.253 e. The van der Waals surface area contributed by atoms with E-state index in [-0.39, 0.29) is 12.6 Å². The number of nitrogens with zero attached hydrogens (tertiary/aromatic N) is 3. The molecule has 9 heteroatoms. The molecule has 3 heterocycles. The van der Waals surface area contributed by atoms with Gasteiger partial charge in [0.15, 0.2) is 0 Å². The van der Waals surface area contributed by atoms with Gasteiger partial charge in [0.05, 0.1) is 18.6 Å². The average molecular weight is 480 g/mol. The number of benzene rings is 2. The van der Waals surface area contributed by atoms with Gasteiger partial charge in [0.25, 0.3) is 10.0 Å². The van der Waals surface area contributed by atoms with Crippen LogP contribution in [0.3, 0.4) is 0 Å². The van der Waals surface area contributed by atoms with Crippen LogP contribution in [0.15, 0.2) is 82.8 Å². The molecule has 0 saturated heterocycles. The lowest BCUT2D eigenvalue weighted by Gasteiger charge is -2.31. The summed E-state index contributed by atoms with van der Waals surface area (Å²) in [4.78, 5) is 9.54. The van der Waals surface area contributed by atoms with Gasteiger partial charge < -0.3 is 15.6 Å². The molecule has 0 radical (unpaired) electrons. The van der Waals surface area contributed by atoms with E-state index in [2.05, 4.69) is 14.9 Å². The normalized spacial score (nSPS) is 17.0. The summed E-state index contributed by atoms with van der Waals surface area (Å²) >= 11 is 1.25. The minimum Gasteiger partial charge on any atom is -0.399 e. The second-order valence-corrected chi connectivity index (χ2v) is 11.2. The standard InChI is InChI=1S/C24H25N5O2S2/c25-20-8-9-23-19(12-20)14-29(33(30,31)24-7-4-10-32-24)22(11-18-5-2-1-3-6-18)16-28(23)15-21-13-26-17-27-21/h1-10,12-13,17,22H,11,14-16,25H2,(H,26,27)/t22-/m1/s1. The first kappa shape index (κ1) is 21.7. The Kier molecular flexibility index (Phi) is 5.92. The van der Waals surface area contributed by atoms with Crippen LogP contribution in [0.1, 0.15) is 16.8 Å². The van der Waals surface area contributed by atoms with E-state index in [4.69, 9.17) is 5.73 Å². The minimum atomic E-state index is -3.69. The lowest BCUT2D eigenvalue weighted by molar-refractivity contribution is 0.318. The van der Waals surface area contributed by atoms with Crippen molar-refractivity contribution in [3.63, 3.8) is 0 Å². The maximum absolute atomic E-state index is 13.8. The van der Waals surface area contributed by atoms with Crippen molar-refractivity contribution in [2.24, 2.45) is 0 Å². The van der Waals surface area contributed by atoms with Crippen molar-refractivity contribution in [3.05, 3.63) is 95.4 Å². The van der Waals surface area contributed by atoms with Crippen molar-refractivity contribution in [2.45, 2.75) is 29.8 Å². The molecule has 0 aliphatic carbocycles. The largest absolute Gasteiger partial charge is 0.399 e. The number of hydrogen-bond acceptors (Lipinski definition) is 6. The summed E-state index contributed by atoms with van der Waals surface area (Å²) in [7, 11) is -3.69. The fraction of sp³-hybridized carbons (Fsp3) is 0.208. The lowest BCUT2D eigenvalue weighted by atomic mass is 10.1. The zero-order chi connectivity index (χ0) is 22.8. The van der Waals surface area contributed by atoms with Gasteiger partial charge in [-0.25, -0.2) is 13.4 Å². The molecule has 4 aromatic rings. The van der Waals surface area contributed by atoms with Crippen molar-refractivity contribution in [2.75, 3.05) is 17.2 Å². The van der Waals surface area contributed by atoms with Crippen molar-refractivity contribution in [1.82, 2.24) is 14.3 Å². The number of H-pyrrole nitrogens is 1. The number of imidazole rings is 1. The number of nitrogens with two attached hydrogens (primary N) is 1. The highest BCUT2D eigenvalue weighted by Crippen LogP contribution is 2.35. The van der Waals surface area contributed by atoms with Gasteiger partial charge in [0, 0.05) is 36.7 Å². The maximum atomic E-state index is 13.8. The molecule has 1 aliphatic heterocycles. The van der Waals surface area contributed by atoms with Gasteiger partial charge >= 0.3 is 0 Å². The number of nitrogens with one attached hydrogen (secondary N) is 1. The highest BCUT2D eigenvalue weighted by Gasteiger charge is 2.37. The Morgan fingerprint density at radius 1 is 1.12 bits per heavy atom. The lowest BCUT2D eigenvalue weighted by Crippen LogP contribution is -2.45. The van der Waals surface area contributed by atoms with Crippen molar-refractivity contribution >= 4 is 32.7 Å². The number of rotatable bonds is 6. The Bertz CT molecular complexity index is 1310. The van der Waals surface area contributed by atoms with Gasteiger partial charge in [-0.15, -0.1) is 11.3 Å². The molecule has 0 saturated carbocycles. The van der Waals surface area contributed by atoms with E-state index < -0.39 is 10.0 Å². The molecule has 170 valence electrons. The highest BCUT2D eigenvalue weighted by molar-refractivity contribution is 7.91. The quantitative estimate of drug-likeness (QED) is 0.409. The van der Waals surface area contributed by atoms with Crippen molar-refractivity contribution in [1.29, 1.82) is 0 Å². The molecule has 0 bridgehead atoms. The molecule has 7 nitrogen and oxygen atoms in total. The van der Waals surface area contributed by atoms with Crippen LogP contribution in [0, 0.1) is 0 Å². The van der Waals surface area contributed by atoms with Gasteiger partial charge in [-0.1, -0.05) is 36.4 Å². The SMILES string of the molecule is Nc1ccc2c(c1)CN(S(=O)(=O)c1cccs1)[C@H](Cc1ccccc1)CN2Cc1cnc[nH]1. The number of thiophene rings is 1. The zero-order valence-electron chi connectivity index (χ0n) is 18.0. The Hall–Kier alpha value is -3.14. The Balaban J connectivity index is 1.60. The molecular weight excluding hydrogens is 454 g/mol. The number of hydrogen-bond donors (Lipinski definition) is 2. The van der Waals surface area contributed by atoms with Crippen LogP contribution in [0.4, 0.5) is 11.4 Å². The zero-order valence-corrected chi connectivity index (χ0v) is 19.6. The molecule has 0 fully saturated rings. The molecule has 0 spiro atoms. The van der Waals surface area contributed by atoms with Gasteiger partial charge in [-0.3, -0.25) is 0 Å². The monoisotopic (exact) mass is 479 g/mol. The number of sulfonamides is 1. The Labute approximate surface area is 197 Å². The van der Waals surface area contributed by atoms with Crippen molar-refractivity contribution < 1.29 is 8.42 Å². The molecule has 1 atom stereocenters. The van der Waals surface area contributed by atoms with E-state index in [9.17, 15) is 8.42 Å². The van der Waals surface area contributed by atoms with Gasteiger partial charge in [0.1, 0.15) is 4.21 Å². The summed E-state index contributed by atoms with van der Waals surface area (Å²) in [5.41, 5.74) is 10.7. The predicted molar refractivity (Wildman–Crippen MR) is 131 cm³/mol. The fourth-order valence-electron chi connectivity index (χ4n) is 4.37. The fourth-order valence-corrected chi connectivity index (χ4v) is 7.08. The Morgan fingerprint density at radius 2 is 1.97 bits per heavy atom. The van der Waals surface area contributed by atoms with Crippen LogP contribution in [-0.4, -0.2) is 35.3 Å². The summed E-state index contributed by atoms with van der Waals surface area (Å²) in [6.07, 6.45) is 4.06. The van der Waals surface area contributed by atoms with Crippen LogP contribution in [0.5, 0.6) is 0 Å². The second kappa shape index (κ2) is 9.01. The highest BCUT2D eigenvalue weighted by atomic mass is 32.2. The van der Waals surface area contributed by atoms with E-state index >= 15 is 0 Å². The number of nitrogen functional groups attached to an aromatic ring is 1. The molecule has 2 aromatic carbocycles. The summed E-state index contributed by atoms with van der Waals surface area (Å²) in [5.74, 6) is 0. The van der Waals surface area contributed by atoms with Gasteiger partial charge in [-0.2, -0.15) is 4.31 Å². The first-order valence-corrected chi connectivity index (χ1v) is 13.0. The first-order valence-electron chi connectivity index (χ1n) is 10.7. The molecule has 0 amide bonds. The van der Waals surface area contributed by atoms with E-state index in [1.165, 1.54) is 11.3 Å². The predicted octanol–water partition coefficient (Wildman–Crippen LogP) is 3.88. The van der Waals surface area contributed by atoms with E-state index in [0.29, 0.717) is 29.4 Å². The third-order valence-electron chi connectivity index (χ3n) is 5.90. The average Bonchev–Trinajstić information content (AvgIpc) is 3.50. The molecular formula is C24H25N5O2S2. The number of fused-ring (bicyclic) bond motifs is 1. The summed E-state index contributed by atoms with van der Waals surface area (Å²) in [6.45, 7) is 1.39. The molecule has 2 aromatic heterocycles. The molecule has 3 N–H and O–H groups in total. The summed E-state index contributed by atoms with van der Waals surface area (Å²) in [6, 6.07) is 19.0. The topological polar surface area (TPSA) is 95.3 Å². The number of aromatic amines is 1. The number of anilines is 2. The van der Waals surface area contributed by atoms with Crippen LogP contribution >= 0.6 is 11.3 Å². The molecule has 0 unspecified atom stereocenters. The third-order valence-corrected chi connectivity index (χ3v) is 9.17. The molecule has 33 heavy (non-hydrogen) atoms. The van der Waals surface area contributed by atoms with Crippen molar-refractivity contribution in [3.8, 4) is 0 Å². The summed E-state index contributed by atoms with van der Waals surface area (Å²) in [5, 5.41) is 1.80. The van der Waals surface area contributed by atoms with Gasteiger partial charge in [0.2, 0.25) is 0 Å². The van der Waals surface area contributed by atoms with Gasteiger partial charge in [-0.05, 0) is 47.2 Å². The van der Waals surface area contributed by atoms with Crippen LogP contribution in [0.25, 0.3) is 0 Å².